The van der Waals surface area contributed by atoms with E-state index in [1.54, 1.807) is 0 Å². The first-order valence-electron chi connectivity index (χ1n) is 9.22. The zero-order valence-electron chi connectivity index (χ0n) is 14.9. The number of nitriles is 1. The van der Waals surface area contributed by atoms with Gasteiger partial charge in [-0.05, 0) is 12.1 Å². The van der Waals surface area contributed by atoms with Crippen LogP contribution in [0.3, 0.4) is 0 Å². The molecule has 0 aliphatic carbocycles. The lowest BCUT2D eigenvalue weighted by molar-refractivity contribution is 0.0691. The highest BCUT2D eigenvalue weighted by molar-refractivity contribution is 6.07. The van der Waals surface area contributed by atoms with E-state index in [4.69, 9.17) is 5.26 Å². The molecule has 2 heterocycles. The van der Waals surface area contributed by atoms with Gasteiger partial charge in [-0.2, -0.15) is 5.26 Å². The second kappa shape index (κ2) is 7.46. The highest BCUT2D eigenvalue weighted by Gasteiger charge is 2.20. The molecule has 0 bridgehead atoms. The van der Waals surface area contributed by atoms with Crippen LogP contribution >= 0.6 is 0 Å². The fourth-order valence-corrected chi connectivity index (χ4v) is 4.00. The topological polar surface area (TPSA) is 55.4 Å². The van der Waals surface area contributed by atoms with Crippen LogP contribution in [-0.2, 0) is 6.54 Å². The Morgan fingerprint density at radius 1 is 0.846 bits per heavy atom. The van der Waals surface area contributed by atoms with E-state index in [1.807, 2.05) is 0 Å². The fraction of sp³-hybridized carbons (Fsp3) is 0.381. The number of benzene rings is 2. The lowest BCUT2D eigenvalue weighted by Crippen LogP contribution is -2.48. The number of piperazine rings is 1. The van der Waals surface area contributed by atoms with Gasteiger partial charge in [-0.3, -0.25) is 9.80 Å². The molecule has 3 aromatic rings. The van der Waals surface area contributed by atoms with Crippen molar-refractivity contribution in [3.63, 3.8) is 0 Å². The molecule has 1 unspecified atom stereocenters. The van der Waals surface area contributed by atoms with Gasteiger partial charge in [0.1, 0.15) is 0 Å². The number of rotatable bonds is 5. The lowest BCUT2D eigenvalue weighted by Gasteiger charge is -2.34. The Kier molecular flexibility index (Phi) is 4.89. The van der Waals surface area contributed by atoms with E-state index in [0.29, 0.717) is 19.6 Å². The van der Waals surface area contributed by atoms with Gasteiger partial charge >= 0.3 is 0 Å². The number of aliphatic hydroxyl groups is 1. The predicted octanol–water partition coefficient (Wildman–Crippen LogP) is 2.30. The number of aromatic nitrogens is 1. The van der Waals surface area contributed by atoms with Crippen LogP contribution in [0.4, 0.5) is 0 Å². The summed E-state index contributed by atoms with van der Waals surface area (Å²) in [7, 11) is 0. The van der Waals surface area contributed by atoms with Crippen LogP contribution < -0.4 is 0 Å². The molecule has 1 aliphatic rings. The second-order valence-electron chi connectivity index (χ2n) is 7.03. The lowest BCUT2D eigenvalue weighted by atomic mass is 10.2. The summed E-state index contributed by atoms with van der Waals surface area (Å²) in [6, 6.07) is 19.0. The zero-order valence-corrected chi connectivity index (χ0v) is 14.9. The minimum absolute atomic E-state index is 0.420. The maximum atomic E-state index is 10.7. The predicted molar refractivity (Wildman–Crippen MR) is 104 cm³/mol. The summed E-state index contributed by atoms with van der Waals surface area (Å²) in [5, 5.41) is 22.0. The Hall–Kier alpha value is -2.39. The molecule has 1 N–H and O–H groups in total. The number of hydrogen-bond acceptors (Lipinski definition) is 4. The molecule has 0 saturated carbocycles. The summed E-state index contributed by atoms with van der Waals surface area (Å²) in [6.07, 6.45) is -0.420. The van der Waals surface area contributed by atoms with Gasteiger partial charge in [-0.25, -0.2) is 0 Å². The van der Waals surface area contributed by atoms with Gasteiger partial charge in [-0.1, -0.05) is 36.4 Å². The molecule has 1 aliphatic heterocycles. The third-order valence-electron chi connectivity index (χ3n) is 5.30. The molecule has 5 nitrogen and oxygen atoms in total. The van der Waals surface area contributed by atoms with Gasteiger partial charge in [0.2, 0.25) is 0 Å². The molecule has 2 aromatic carbocycles. The minimum atomic E-state index is -0.420. The van der Waals surface area contributed by atoms with Crippen LogP contribution in [0, 0.1) is 11.3 Å². The number of fused-ring (bicyclic) bond motifs is 3. The highest BCUT2D eigenvalue weighted by atomic mass is 16.3. The minimum Gasteiger partial charge on any atom is -0.390 e. The van der Waals surface area contributed by atoms with Gasteiger partial charge in [0.25, 0.3) is 0 Å². The zero-order chi connectivity index (χ0) is 17.9. The first-order valence-corrected chi connectivity index (χ1v) is 9.22. The average molecular weight is 348 g/mol. The first-order chi connectivity index (χ1) is 12.8. The Balaban J connectivity index is 1.49. The van der Waals surface area contributed by atoms with E-state index in [9.17, 15) is 5.11 Å². The van der Waals surface area contributed by atoms with Crippen molar-refractivity contribution in [3.8, 4) is 6.07 Å². The number of nitrogens with zero attached hydrogens (tertiary/aromatic N) is 4. The van der Waals surface area contributed by atoms with Crippen molar-refractivity contribution < 1.29 is 5.11 Å². The van der Waals surface area contributed by atoms with Crippen LogP contribution in [0.15, 0.2) is 48.5 Å². The van der Waals surface area contributed by atoms with E-state index < -0.39 is 6.10 Å². The molecular formula is C21H24N4O. The highest BCUT2D eigenvalue weighted by Crippen LogP contribution is 2.28. The summed E-state index contributed by atoms with van der Waals surface area (Å²) in [4.78, 5) is 4.46. The second-order valence-corrected chi connectivity index (χ2v) is 7.03. The van der Waals surface area contributed by atoms with E-state index in [-0.39, 0.29) is 0 Å². The molecule has 134 valence electrons. The Labute approximate surface area is 153 Å². The van der Waals surface area contributed by atoms with Crippen molar-refractivity contribution in [2.45, 2.75) is 12.6 Å². The normalized spacial score (nSPS) is 17.5. The summed E-state index contributed by atoms with van der Waals surface area (Å²) in [6.45, 7) is 5.37. The van der Waals surface area contributed by atoms with Crippen LogP contribution in [-0.4, -0.2) is 64.8 Å². The van der Waals surface area contributed by atoms with Crippen molar-refractivity contribution in [1.29, 1.82) is 5.26 Å². The maximum Gasteiger partial charge on any atom is 0.0866 e. The van der Waals surface area contributed by atoms with Crippen LogP contribution in [0.1, 0.15) is 0 Å². The Morgan fingerprint density at radius 3 is 1.96 bits per heavy atom. The Morgan fingerprint density at radius 2 is 1.38 bits per heavy atom. The number of hydrogen-bond donors (Lipinski definition) is 1. The summed E-state index contributed by atoms with van der Waals surface area (Å²) >= 11 is 0. The number of β-amino-alcohol motifs (C(OH)–C–C–N with tert-alkyl or cyclic N) is 1. The molecule has 1 fully saturated rings. The van der Waals surface area contributed by atoms with E-state index in [2.05, 4.69) is 69.0 Å². The first kappa shape index (κ1) is 17.0. The summed E-state index contributed by atoms with van der Waals surface area (Å²) in [5.41, 5.74) is 2.35. The maximum absolute atomic E-state index is 10.7. The largest absolute Gasteiger partial charge is 0.390 e. The smallest absolute Gasteiger partial charge is 0.0866 e. The van der Waals surface area contributed by atoms with E-state index in [1.165, 1.54) is 21.8 Å². The van der Waals surface area contributed by atoms with E-state index in [0.717, 1.165) is 26.2 Å². The molecule has 0 amide bonds. The van der Waals surface area contributed by atoms with Crippen LogP contribution in [0.5, 0.6) is 0 Å². The summed E-state index contributed by atoms with van der Waals surface area (Å²) < 4.78 is 2.24. The number of aliphatic hydroxyl groups excluding tert-OH is 1. The fourth-order valence-electron chi connectivity index (χ4n) is 4.00. The van der Waals surface area contributed by atoms with Crippen LogP contribution in [0.2, 0.25) is 0 Å². The average Bonchev–Trinajstić information content (AvgIpc) is 2.98. The van der Waals surface area contributed by atoms with Crippen molar-refractivity contribution in [2.24, 2.45) is 0 Å². The van der Waals surface area contributed by atoms with Gasteiger partial charge in [0, 0.05) is 54.5 Å². The quantitative estimate of drug-likeness (QED) is 0.719. The van der Waals surface area contributed by atoms with Gasteiger partial charge in [0.15, 0.2) is 0 Å². The van der Waals surface area contributed by atoms with Crippen LogP contribution in [0.25, 0.3) is 21.8 Å². The van der Waals surface area contributed by atoms with E-state index >= 15 is 0 Å². The van der Waals surface area contributed by atoms with Crippen molar-refractivity contribution >= 4 is 21.8 Å². The Bertz CT molecular complexity index is 881. The molecule has 1 aromatic heterocycles. The molecule has 1 saturated heterocycles. The monoisotopic (exact) mass is 348 g/mol. The molecular weight excluding hydrogens is 324 g/mol. The summed E-state index contributed by atoms with van der Waals surface area (Å²) in [5.74, 6) is 0. The van der Waals surface area contributed by atoms with Gasteiger partial charge < -0.3 is 9.67 Å². The standard InChI is InChI=1S/C21H24N4O/c22-9-10-23-11-13-24(14-12-23)15-17(26)16-25-20-7-3-1-5-18(20)19-6-2-4-8-21(19)25/h1-8,17,26H,10-16H2. The molecule has 0 radical (unpaired) electrons. The third kappa shape index (κ3) is 3.32. The van der Waals surface area contributed by atoms with Gasteiger partial charge in [-0.15, -0.1) is 0 Å². The van der Waals surface area contributed by atoms with Crippen molar-refractivity contribution in [3.05, 3.63) is 48.5 Å². The SMILES string of the molecule is N#CCN1CCN(CC(O)Cn2c3ccccc3c3ccccc32)CC1. The molecule has 0 spiro atoms. The molecule has 4 rings (SSSR count). The molecule has 1 atom stereocenters. The molecule has 5 heteroatoms. The van der Waals surface area contributed by atoms with Crippen molar-refractivity contribution in [1.82, 2.24) is 14.4 Å². The third-order valence-corrected chi connectivity index (χ3v) is 5.30. The van der Waals surface area contributed by atoms with Gasteiger partial charge in [0.05, 0.1) is 25.3 Å². The molecule has 26 heavy (non-hydrogen) atoms. The van der Waals surface area contributed by atoms with Crippen molar-refractivity contribution in [2.75, 3.05) is 39.3 Å². The number of para-hydroxylation sites is 2.